The Morgan fingerprint density at radius 3 is 2.39 bits per heavy atom. The van der Waals surface area contributed by atoms with Gasteiger partial charge < -0.3 is 10.4 Å². The van der Waals surface area contributed by atoms with Gasteiger partial charge in [-0.1, -0.05) is 30.3 Å². The number of carboxylic acids is 1. The Bertz CT molecular complexity index is 379. The van der Waals surface area contributed by atoms with Crippen LogP contribution in [-0.4, -0.2) is 29.8 Å². The average Bonchev–Trinajstić information content (AvgIpc) is 2.27. The van der Waals surface area contributed by atoms with E-state index in [1.165, 1.54) is 0 Å². The lowest BCUT2D eigenvalue weighted by atomic mass is 10.1. The van der Waals surface area contributed by atoms with Gasteiger partial charge in [0.1, 0.15) is 6.04 Å². The van der Waals surface area contributed by atoms with Crippen molar-refractivity contribution in [2.75, 3.05) is 6.54 Å². The van der Waals surface area contributed by atoms with E-state index in [0.29, 0.717) is 5.56 Å². The van der Waals surface area contributed by atoms with Crippen molar-refractivity contribution in [1.82, 2.24) is 5.32 Å². The molecule has 0 aliphatic heterocycles. The van der Waals surface area contributed by atoms with Crippen molar-refractivity contribution < 1.29 is 23.1 Å². The molecule has 1 atom stereocenters. The third-order valence-electron chi connectivity index (χ3n) is 2.41. The molecule has 0 bridgehead atoms. The van der Waals surface area contributed by atoms with Crippen LogP contribution in [0.4, 0.5) is 13.2 Å². The smallest absolute Gasteiger partial charge is 0.404 e. The molecule has 0 saturated heterocycles. The van der Waals surface area contributed by atoms with E-state index >= 15 is 0 Å². The number of carboxylic acid groups (broad SMARTS) is 1. The Morgan fingerprint density at radius 2 is 1.89 bits per heavy atom. The first kappa shape index (κ1) is 14.5. The fourth-order valence-electron chi connectivity index (χ4n) is 1.51. The summed E-state index contributed by atoms with van der Waals surface area (Å²) in [5.41, 5.74) is 0.558. The Kier molecular flexibility index (Phi) is 5.15. The zero-order chi connectivity index (χ0) is 13.6. The molecule has 6 heteroatoms. The molecule has 0 aromatic heterocycles. The molecule has 0 spiro atoms. The van der Waals surface area contributed by atoms with E-state index in [1.807, 2.05) is 0 Å². The van der Waals surface area contributed by atoms with Gasteiger partial charge in [0, 0.05) is 6.54 Å². The van der Waals surface area contributed by atoms with Crippen LogP contribution in [0.2, 0.25) is 0 Å². The lowest BCUT2D eigenvalue weighted by molar-refractivity contribution is -0.156. The summed E-state index contributed by atoms with van der Waals surface area (Å²) in [5, 5.41) is 10.6. The number of alkyl halides is 3. The van der Waals surface area contributed by atoms with Crippen LogP contribution in [0.5, 0.6) is 0 Å². The van der Waals surface area contributed by atoms with E-state index in [2.05, 4.69) is 5.32 Å². The van der Waals surface area contributed by atoms with E-state index in [1.54, 1.807) is 30.3 Å². The fourth-order valence-corrected chi connectivity index (χ4v) is 1.51. The van der Waals surface area contributed by atoms with Gasteiger partial charge in [-0.25, -0.2) is 0 Å². The van der Waals surface area contributed by atoms with Gasteiger partial charge in [0.15, 0.2) is 0 Å². The van der Waals surface area contributed by atoms with Gasteiger partial charge >= 0.3 is 12.1 Å². The normalized spacial score (nSPS) is 13.3. The van der Waals surface area contributed by atoms with E-state index in [4.69, 9.17) is 5.11 Å². The van der Waals surface area contributed by atoms with Crippen LogP contribution < -0.4 is 5.32 Å². The molecule has 3 nitrogen and oxygen atoms in total. The van der Waals surface area contributed by atoms with Gasteiger partial charge in [-0.05, 0) is 12.0 Å². The maximum Gasteiger partial charge on any atom is 0.404 e. The van der Waals surface area contributed by atoms with Crippen molar-refractivity contribution in [1.29, 1.82) is 0 Å². The minimum absolute atomic E-state index is 0.202. The largest absolute Gasteiger partial charge is 0.481 e. The molecule has 0 radical (unpaired) electrons. The summed E-state index contributed by atoms with van der Waals surface area (Å²) < 4.78 is 38.2. The van der Waals surface area contributed by atoms with E-state index < -0.39 is 18.2 Å². The maximum absolute atomic E-state index is 12.7. The van der Waals surface area contributed by atoms with Crippen molar-refractivity contribution in [2.45, 2.75) is 25.1 Å². The van der Waals surface area contributed by atoms with Crippen molar-refractivity contribution in [3.8, 4) is 0 Å². The van der Waals surface area contributed by atoms with Gasteiger partial charge in [0.2, 0.25) is 0 Å². The zero-order valence-corrected chi connectivity index (χ0v) is 9.57. The van der Waals surface area contributed by atoms with E-state index in [9.17, 15) is 18.0 Å². The van der Waals surface area contributed by atoms with Crippen LogP contribution in [0.3, 0.4) is 0 Å². The number of halogens is 3. The molecule has 0 saturated carbocycles. The Morgan fingerprint density at radius 1 is 1.28 bits per heavy atom. The molecule has 0 aliphatic carbocycles. The van der Waals surface area contributed by atoms with Crippen LogP contribution in [0, 0.1) is 0 Å². The summed E-state index contributed by atoms with van der Waals surface area (Å²) in [6.07, 6.45) is -4.93. The molecule has 0 aliphatic rings. The highest BCUT2D eigenvalue weighted by Crippen LogP contribution is 2.23. The molecule has 2 N–H and O–H groups in total. The van der Waals surface area contributed by atoms with Crippen LogP contribution in [0.15, 0.2) is 30.3 Å². The lowest BCUT2D eigenvalue weighted by Crippen LogP contribution is -2.44. The summed E-state index contributed by atoms with van der Waals surface area (Å²) in [5.74, 6) is -1.12. The molecule has 0 amide bonds. The predicted octanol–water partition coefficient (Wildman–Crippen LogP) is 2.22. The van der Waals surface area contributed by atoms with Gasteiger partial charge in [-0.3, -0.25) is 4.79 Å². The predicted molar refractivity (Wildman–Crippen MR) is 60.2 cm³/mol. The van der Waals surface area contributed by atoms with Gasteiger partial charge in [0.25, 0.3) is 0 Å². The third-order valence-corrected chi connectivity index (χ3v) is 2.41. The second kappa shape index (κ2) is 6.39. The molecule has 1 rings (SSSR count). The summed E-state index contributed by atoms with van der Waals surface area (Å²) in [4.78, 5) is 10.3. The summed E-state index contributed by atoms with van der Waals surface area (Å²) >= 11 is 0. The van der Waals surface area contributed by atoms with Crippen molar-refractivity contribution in [3.05, 3.63) is 35.9 Å². The molecule has 100 valence electrons. The summed E-state index contributed by atoms with van der Waals surface area (Å²) in [7, 11) is 0. The summed E-state index contributed by atoms with van der Waals surface area (Å²) in [6.45, 7) is -0.202. The standard InChI is InChI=1S/C12H14F3NO2/c13-12(14,15)10(16-7-6-11(17)18)8-9-4-2-1-3-5-9/h1-5,10,16H,6-8H2,(H,17,18)/t10-/m1/s1. The van der Waals surface area contributed by atoms with Gasteiger partial charge in [-0.2, -0.15) is 13.2 Å². The zero-order valence-electron chi connectivity index (χ0n) is 9.57. The number of hydrogen-bond acceptors (Lipinski definition) is 2. The molecule has 0 unspecified atom stereocenters. The second-order valence-corrected chi connectivity index (χ2v) is 3.88. The molecular weight excluding hydrogens is 247 g/mol. The van der Waals surface area contributed by atoms with Crippen molar-refractivity contribution in [2.24, 2.45) is 0 Å². The SMILES string of the molecule is O=C(O)CCN[C@H](Cc1ccccc1)C(F)(F)F. The second-order valence-electron chi connectivity index (χ2n) is 3.88. The molecular formula is C12H14F3NO2. The maximum atomic E-state index is 12.7. The van der Waals surface area contributed by atoms with E-state index in [-0.39, 0.29) is 19.4 Å². The first-order valence-electron chi connectivity index (χ1n) is 5.45. The molecule has 0 fully saturated rings. The topological polar surface area (TPSA) is 49.3 Å². The van der Waals surface area contributed by atoms with Crippen LogP contribution in [0.1, 0.15) is 12.0 Å². The minimum atomic E-state index is -4.39. The first-order chi connectivity index (χ1) is 8.39. The Hall–Kier alpha value is -1.56. The summed E-state index contributed by atoms with van der Waals surface area (Å²) in [6, 6.07) is 6.55. The number of benzene rings is 1. The fraction of sp³-hybridized carbons (Fsp3) is 0.417. The van der Waals surface area contributed by atoms with Gasteiger partial charge in [-0.15, -0.1) is 0 Å². The quantitative estimate of drug-likeness (QED) is 0.825. The average molecular weight is 261 g/mol. The Labute approximate surface area is 103 Å². The van der Waals surface area contributed by atoms with E-state index in [0.717, 1.165) is 0 Å². The molecule has 0 heterocycles. The highest BCUT2D eigenvalue weighted by Gasteiger charge is 2.39. The van der Waals surface area contributed by atoms with Crippen molar-refractivity contribution >= 4 is 5.97 Å². The third kappa shape index (κ3) is 5.18. The minimum Gasteiger partial charge on any atom is -0.481 e. The van der Waals surface area contributed by atoms with Gasteiger partial charge in [0.05, 0.1) is 6.42 Å². The Balaban J connectivity index is 2.59. The van der Waals surface area contributed by atoms with Crippen LogP contribution in [-0.2, 0) is 11.2 Å². The number of carbonyl (C=O) groups is 1. The lowest BCUT2D eigenvalue weighted by Gasteiger charge is -2.21. The first-order valence-corrected chi connectivity index (χ1v) is 5.45. The number of rotatable bonds is 6. The molecule has 18 heavy (non-hydrogen) atoms. The number of hydrogen-bond donors (Lipinski definition) is 2. The van der Waals surface area contributed by atoms with Crippen LogP contribution in [0.25, 0.3) is 0 Å². The number of aliphatic carboxylic acids is 1. The van der Waals surface area contributed by atoms with Crippen molar-refractivity contribution in [3.63, 3.8) is 0 Å². The monoisotopic (exact) mass is 261 g/mol. The highest BCUT2D eigenvalue weighted by molar-refractivity contribution is 5.66. The van der Waals surface area contributed by atoms with Crippen LogP contribution >= 0.6 is 0 Å². The molecule has 1 aromatic carbocycles. The number of nitrogens with one attached hydrogen (secondary N) is 1. The molecule has 1 aromatic rings. The highest BCUT2D eigenvalue weighted by atomic mass is 19.4.